The van der Waals surface area contributed by atoms with E-state index in [1.54, 1.807) is 19.2 Å². The summed E-state index contributed by atoms with van der Waals surface area (Å²) in [5.74, 6) is -1.36. The second-order valence-corrected chi connectivity index (χ2v) is 6.11. The normalized spacial score (nSPS) is 14.3. The molecule has 1 N–H and O–H groups in total. The van der Waals surface area contributed by atoms with Crippen LogP contribution in [-0.2, 0) is 11.3 Å². The van der Waals surface area contributed by atoms with Crippen LogP contribution in [0.15, 0.2) is 52.5 Å². The van der Waals surface area contributed by atoms with Gasteiger partial charge in [0.1, 0.15) is 5.56 Å². The smallest absolute Gasteiger partial charge is 0.341 e. The third-order valence-electron chi connectivity index (χ3n) is 4.35. The Balaban J connectivity index is 1.81. The molecule has 0 saturated carbocycles. The van der Waals surface area contributed by atoms with Crippen molar-refractivity contribution >= 4 is 17.6 Å². The van der Waals surface area contributed by atoms with Gasteiger partial charge in [-0.05, 0) is 24.1 Å². The van der Waals surface area contributed by atoms with Crippen LogP contribution in [-0.4, -0.2) is 38.8 Å². The summed E-state index contributed by atoms with van der Waals surface area (Å²) in [6.07, 6.45) is 2.48. The summed E-state index contributed by atoms with van der Waals surface area (Å²) in [4.78, 5) is 35.7. The van der Waals surface area contributed by atoms with Gasteiger partial charge in [-0.1, -0.05) is 30.3 Å². The molecule has 7 heteroatoms. The van der Waals surface area contributed by atoms with Crippen LogP contribution >= 0.6 is 0 Å². The zero-order chi connectivity index (χ0) is 18.7. The fourth-order valence-electron chi connectivity index (χ4n) is 2.92. The Morgan fingerprint density at radius 2 is 1.85 bits per heavy atom. The van der Waals surface area contributed by atoms with Gasteiger partial charge in [0.25, 0.3) is 5.56 Å². The first kappa shape index (κ1) is 17.6. The summed E-state index contributed by atoms with van der Waals surface area (Å²) < 4.78 is 1.30. The Labute approximate surface area is 150 Å². The van der Waals surface area contributed by atoms with Gasteiger partial charge in [0, 0.05) is 25.6 Å². The monoisotopic (exact) mass is 353 g/mol. The number of hydrogen-bond acceptors (Lipinski definition) is 4. The SMILES string of the molecule is Cc1ccn(CCN2N=C(c3ccccc3)CCC2=O)c(=O)c1C(=O)O. The van der Waals surface area contributed by atoms with E-state index >= 15 is 0 Å². The van der Waals surface area contributed by atoms with E-state index in [0.717, 1.165) is 11.3 Å². The van der Waals surface area contributed by atoms with Gasteiger partial charge in [0.05, 0.1) is 12.3 Å². The second-order valence-electron chi connectivity index (χ2n) is 6.11. The summed E-state index contributed by atoms with van der Waals surface area (Å²) in [6, 6.07) is 11.2. The molecule has 0 fully saturated rings. The highest BCUT2D eigenvalue weighted by molar-refractivity contribution is 6.04. The summed E-state index contributed by atoms with van der Waals surface area (Å²) in [5, 5.41) is 15.0. The number of benzene rings is 1. The van der Waals surface area contributed by atoms with Crippen LogP contribution in [0.5, 0.6) is 0 Å². The zero-order valence-corrected chi connectivity index (χ0v) is 14.4. The highest BCUT2D eigenvalue weighted by Crippen LogP contribution is 2.15. The molecule has 0 radical (unpaired) electrons. The number of carboxylic acid groups (broad SMARTS) is 1. The Bertz CT molecular complexity index is 932. The van der Waals surface area contributed by atoms with Gasteiger partial charge in [-0.15, -0.1) is 0 Å². The number of pyridine rings is 1. The van der Waals surface area contributed by atoms with Gasteiger partial charge >= 0.3 is 5.97 Å². The first-order valence-electron chi connectivity index (χ1n) is 8.34. The number of carbonyl (C=O) groups is 2. The molecule has 134 valence electrons. The van der Waals surface area contributed by atoms with Crippen LogP contribution in [0.2, 0.25) is 0 Å². The number of amides is 1. The number of hydrogen-bond donors (Lipinski definition) is 1. The number of carboxylic acids is 1. The molecule has 0 bridgehead atoms. The average Bonchev–Trinajstić information content (AvgIpc) is 2.63. The van der Waals surface area contributed by atoms with E-state index in [1.807, 2.05) is 30.3 Å². The molecule has 1 aromatic carbocycles. The summed E-state index contributed by atoms with van der Waals surface area (Å²) in [6.45, 7) is 1.97. The quantitative estimate of drug-likeness (QED) is 0.888. The van der Waals surface area contributed by atoms with Crippen molar-refractivity contribution in [3.63, 3.8) is 0 Å². The molecule has 0 saturated heterocycles. The molecule has 2 heterocycles. The van der Waals surface area contributed by atoms with Crippen molar-refractivity contribution in [1.82, 2.24) is 9.58 Å². The van der Waals surface area contributed by atoms with E-state index < -0.39 is 11.5 Å². The Morgan fingerprint density at radius 3 is 2.54 bits per heavy atom. The van der Waals surface area contributed by atoms with E-state index in [-0.39, 0.29) is 24.6 Å². The highest BCUT2D eigenvalue weighted by Gasteiger charge is 2.21. The lowest BCUT2D eigenvalue weighted by atomic mass is 10.0. The number of hydrazone groups is 1. The summed E-state index contributed by atoms with van der Waals surface area (Å²) in [7, 11) is 0. The largest absolute Gasteiger partial charge is 0.477 e. The molecule has 26 heavy (non-hydrogen) atoms. The fraction of sp³-hybridized carbons (Fsp3) is 0.263. The molecule has 7 nitrogen and oxygen atoms in total. The molecule has 0 unspecified atom stereocenters. The van der Waals surface area contributed by atoms with Crippen molar-refractivity contribution in [2.75, 3.05) is 6.54 Å². The number of aromatic carboxylic acids is 1. The van der Waals surface area contributed by atoms with E-state index in [9.17, 15) is 19.5 Å². The molecule has 1 aliphatic rings. The second kappa shape index (κ2) is 7.35. The van der Waals surface area contributed by atoms with Crippen LogP contribution in [0.4, 0.5) is 0 Å². The lowest BCUT2D eigenvalue weighted by Gasteiger charge is -2.24. The molecular weight excluding hydrogens is 334 g/mol. The molecule has 1 aliphatic heterocycles. The van der Waals surface area contributed by atoms with Crippen molar-refractivity contribution in [3.05, 3.63) is 69.6 Å². The van der Waals surface area contributed by atoms with Crippen molar-refractivity contribution in [1.29, 1.82) is 0 Å². The van der Waals surface area contributed by atoms with Crippen molar-refractivity contribution in [2.45, 2.75) is 26.3 Å². The van der Waals surface area contributed by atoms with Crippen LogP contribution in [0, 0.1) is 6.92 Å². The Kier molecular flexibility index (Phi) is 4.97. The summed E-state index contributed by atoms with van der Waals surface area (Å²) in [5.41, 5.74) is 1.38. The maximum absolute atomic E-state index is 12.3. The third-order valence-corrected chi connectivity index (χ3v) is 4.35. The number of aromatic nitrogens is 1. The first-order valence-corrected chi connectivity index (χ1v) is 8.34. The Morgan fingerprint density at radius 1 is 1.12 bits per heavy atom. The van der Waals surface area contributed by atoms with Crippen LogP contribution in [0.25, 0.3) is 0 Å². The van der Waals surface area contributed by atoms with Gasteiger partial charge in [-0.25, -0.2) is 9.80 Å². The van der Waals surface area contributed by atoms with Crippen molar-refractivity contribution < 1.29 is 14.7 Å². The van der Waals surface area contributed by atoms with Gasteiger partial charge in [0.15, 0.2) is 0 Å². The zero-order valence-electron chi connectivity index (χ0n) is 14.4. The maximum Gasteiger partial charge on any atom is 0.341 e. The van der Waals surface area contributed by atoms with E-state index in [4.69, 9.17) is 0 Å². The van der Waals surface area contributed by atoms with Crippen molar-refractivity contribution in [3.8, 4) is 0 Å². The van der Waals surface area contributed by atoms with Crippen LogP contribution < -0.4 is 5.56 Å². The molecule has 2 aromatic rings. The third kappa shape index (κ3) is 3.56. The number of nitrogens with zero attached hydrogens (tertiary/aromatic N) is 3. The van der Waals surface area contributed by atoms with E-state index in [0.29, 0.717) is 18.4 Å². The van der Waals surface area contributed by atoms with E-state index in [2.05, 4.69) is 5.10 Å². The highest BCUT2D eigenvalue weighted by atomic mass is 16.4. The lowest BCUT2D eigenvalue weighted by Crippen LogP contribution is -2.36. The fourth-order valence-corrected chi connectivity index (χ4v) is 2.92. The van der Waals surface area contributed by atoms with Gasteiger partial charge < -0.3 is 9.67 Å². The minimum atomic E-state index is -1.25. The molecule has 0 spiro atoms. The van der Waals surface area contributed by atoms with Gasteiger partial charge in [-0.3, -0.25) is 9.59 Å². The van der Waals surface area contributed by atoms with E-state index in [1.165, 1.54) is 9.58 Å². The first-order chi connectivity index (χ1) is 12.5. The average molecular weight is 353 g/mol. The molecular formula is C19H19N3O4. The van der Waals surface area contributed by atoms with Crippen LogP contribution in [0.1, 0.15) is 34.3 Å². The molecule has 1 aromatic heterocycles. The van der Waals surface area contributed by atoms with Gasteiger partial charge in [-0.2, -0.15) is 5.10 Å². The number of rotatable bonds is 5. The molecule has 0 aliphatic carbocycles. The predicted octanol–water partition coefficient (Wildman–Crippen LogP) is 1.88. The maximum atomic E-state index is 12.3. The Hall–Kier alpha value is -3.22. The molecule has 3 rings (SSSR count). The number of aryl methyl sites for hydroxylation is 1. The number of carbonyl (C=O) groups excluding carboxylic acids is 1. The van der Waals surface area contributed by atoms with Gasteiger partial charge in [0.2, 0.25) is 5.91 Å². The summed E-state index contributed by atoms with van der Waals surface area (Å²) >= 11 is 0. The van der Waals surface area contributed by atoms with Crippen LogP contribution in [0.3, 0.4) is 0 Å². The molecule has 1 amide bonds. The lowest BCUT2D eigenvalue weighted by molar-refractivity contribution is -0.131. The van der Waals surface area contributed by atoms with Crippen molar-refractivity contribution in [2.24, 2.45) is 5.10 Å². The molecule has 0 atom stereocenters. The standard InChI is InChI=1S/C19H19N3O4/c1-13-9-10-21(18(24)17(13)19(25)26)11-12-22-16(23)8-7-15(20-22)14-5-3-2-4-6-14/h2-6,9-10H,7-8,11-12H2,1H3,(H,25,26). The predicted molar refractivity (Wildman–Crippen MR) is 96.3 cm³/mol. The minimum Gasteiger partial charge on any atom is -0.477 e. The topological polar surface area (TPSA) is 92.0 Å². The minimum absolute atomic E-state index is 0.108.